The van der Waals surface area contributed by atoms with Crippen molar-refractivity contribution in [2.24, 2.45) is 0 Å². The molecular formula is C17H21N3O. The highest BCUT2D eigenvalue weighted by Gasteiger charge is 2.04. The van der Waals surface area contributed by atoms with Crippen LogP contribution in [-0.2, 0) is 17.8 Å². The Labute approximate surface area is 126 Å². The average Bonchev–Trinajstić information content (AvgIpc) is 2.93. The number of benzene rings is 1. The van der Waals surface area contributed by atoms with Crippen LogP contribution in [0.3, 0.4) is 0 Å². The molecule has 4 nitrogen and oxygen atoms in total. The van der Waals surface area contributed by atoms with Crippen molar-refractivity contribution >= 4 is 0 Å². The molecule has 0 aliphatic carbocycles. The Hall–Kier alpha value is -2.09. The summed E-state index contributed by atoms with van der Waals surface area (Å²) in [5.74, 6) is 0. The van der Waals surface area contributed by atoms with Gasteiger partial charge in [0.2, 0.25) is 0 Å². The largest absolute Gasteiger partial charge is 0.383 e. The average molecular weight is 283 g/mol. The second kappa shape index (κ2) is 7.63. The second-order valence-electron chi connectivity index (χ2n) is 5.05. The van der Waals surface area contributed by atoms with E-state index in [0.29, 0.717) is 5.56 Å². The number of hydrogen-bond donors (Lipinski definition) is 1. The molecule has 21 heavy (non-hydrogen) atoms. The Morgan fingerprint density at radius 2 is 2.19 bits per heavy atom. The Kier molecular flexibility index (Phi) is 5.56. The highest BCUT2D eigenvalue weighted by atomic mass is 16.5. The molecule has 0 unspecified atom stereocenters. The van der Waals surface area contributed by atoms with Crippen molar-refractivity contribution in [1.82, 2.24) is 9.88 Å². The lowest BCUT2D eigenvalue weighted by Crippen LogP contribution is -2.20. The predicted octanol–water partition coefficient (Wildman–Crippen LogP) is 2.45. The van der Waals surface area contributed by atoms with Gasteiger partial charge in [-0.05, 0) is 42.3 Å². The molecule has 0 atom stereocenters. The van der Waals surface area contributed by atoms with Crippen molar-refractivity contribution in [3.63, 3.8) is 0 Å². The number of aromatic nitrogens is 1. The van der Waals surface area contributed by atoms with E-state index in [4.69, 9.17) is 10.00 Å². The van der Waals surface area contributed by atoms with Gasteiger partial charge >= 0.3 is 0 Å². The number of methoxy groups -OCH3 is 1. The van der Waals surface area contributed by atoms with Gasteiger partial charge in [-0.1, -0.05) is 6.07 Å². The first-order valence-corrected chi connectivity index (χ1v) is 7.08. The van der Waals surface area contributed by atoms with Crippen LogP contribution in [0.25, 0.3) is 0 Å². The van der Waals surface area contributed by atoms with Gasteiger partial charge in [0.05, 0.1) is 18.2 Å². The summed E-state index contributed by atoms with van der Waals surface area (Å²) in [6.45, 7) is 5.26. The number of hydrogen-bond acceptors (Lipinski definition) is 3. The third-order valence-corrected chi connectivity index (χ3v) is 3.52. The molecule has 1 aromatic heterocycles. The molecule has 2 aromatic rings. The smallest absolute Gasteiger partial charge is 0.0991 e. The fraction of sp³-hybridized carbons (Fsp3) is 0.353. The molecule has 2 rings (SSSR count). The summed E-state index contributed by atoms with van der Waals surface area (Å²) >= 11 is 0. The molecule has 0 aliphatic heterocycles. The van der Waals surface area contributed by atoms with Crippen molar-refractivity contribution in [2.45, 2.75) is 20.0 Å². The molecule has 1 N–H and O–H groups in total. The minimum absolute atomic E-state index is 0.713. The maximum absolute atomic E-state index is 8.92. The molecule has 0 bridgehead atoms. The summed E-state index contributed by atoms with van der Waals surface area (Å²) in [6.07, 6.45) is 2.09. The minimum atomic E-state index is 0.713. The standard InChI is InChI=1S/C17H21N3O/c1-14-10-15(11-18)5-6-16(14)13-20-8-3-4-17(20)12-19-7-9-21-2/h3-6,8,10,19H,7,9,12-13H2,1-2H3. The fourth-order valence-electron chi connectivity index (χ4n) is 2.28. The van der Waals surface area contributed by atoms with E-state index in [1.54, 1.807) is 7.11 Å². The Morgan fingerprint density at radius 3 is 2.90 bits per heavy atom. The normalized spacial score (nSPS) is 10.5. The van der Waals surface area contributed by atoms with E-state index in [2.05, 4.69) is 41.2 Å². The maximum Gasteiger partial charge on any atom is 0.0991 e. The van der Waals surface area contributed by atoms with Gasteiger partial charge in [-0.25, -0.2) is 0 Å². The quantitative estimate of drug-likeness (QED) is 0.794. The van der Waals surface area contributed by atoms with E-state index in [1.165, 1.54) is 11.3 Å². The van der Waals surface area contributed by atoms with Crippen LogP contribution in [0.1, 0.15) is 22.4 Å². The molecule has 0 aliphatic rings. The van der Waals surface area contributed by atoms with Crippen molar-refractivity contribution in [2.75, 3.05) is 20.3 Å². The molecular weight excluding hydrogens is 262 g/mol. The molecule has 4 heteroatoms. The lowest BCUT2D eigenvalue weighted by atomic mass is 10.1. The van der Waals surface area contributed by atoms with Gasteiger partial charge in [0.1, 0.15) is 0 Å². The first-order chi connectivity index (χ1) is 10.2. The third kappa shape index (κ3) is 4.19. The summed E-state index contributed by atoms with van der Waals surface area (Å²) in [5.41, 5.74) is 4.35. The van der Waals surface area contributed by atoms with Gasteiger partial charge in [-0.15, -0.1) is 0 Å². The highest BCUT2D eigenvalue weighted by molar-refractivity contribution is 5.37. The van der Waals surface area contributed by atoms with Crippen LogP contribution in [0.4, 0.5) is 0 Å². The van der Waals surface area contributed by atoms with E-state index in [-0.39, 0.29) is 0 Å². The van der Waals surface area contributed by atoms with Crippen molar-refractivity contribution in [1.29, 1.82) is 5.26 Å². The molecule has 0 saturated heterocycles. The molecule has 0 amide bonds. The summed E-state index contributed by atoms with van der Waals surface area (Å²) in [5, 5.41) is 12.3. The van der Waals surface area contributed by atoms with Crippen LogP contribution >= 0.6 is 0 Å². The summed E-state index contributed by atoms with van der Waals surface area (Å²) in [4.78, 5) is 0. The van der Waals surface area contributed by atoms with Crippen LogP contribution in [0.2, 0.25) is 0 Å². The number of rotatable bonds is 7. The van der Waals surface area contributed by atoms with E-state index >= 15 is 0 Å². The highest BCUT2D eigenvalue weighted by Crippen LogP contribution is 2.14. The van der Waals surface area contributed by atoms with Crippen LogP contribution in [0.15, 0.2) is 36.5 Å². The number of nitrogens with one attached hydrogen (secondary N) is 1. The Morgan fingerprint density at radius 1 is 1.33 bits per heavy atom. The number of nitriles is 1. The van der Waals surface area contributed by atoms with Gasteiger partial charge in [0, 0.05) is 38.6 Å². The van der Waals surface area contributed by atoms with E-state index in [1.807, 2.05) is 18.2 Å². The molecule has 1 heterocycles. The van der Waals surface area contributed by atoms with Crippen molar-refractivity contribution in [3.05, 3.63) is 58.9 Å². The van der Waals surface area contributed by atoms with E-state index in [9.17, 15) is 0 Å². The first kappa shape index (κ1) is 15.3. The Balaban J connectivity index is 2.03. The van der Waals surface area contributed by atoms with Gasteiger partial charge in [-0.2, -0.15) is 5.26 Å². The summed E-state index contributed by atoms with van der Waals surface area (Å²) in [6, 6.07) is 12.2. The van der Waals surface area contributed by atoms with E-state index < -0.39 is 0 Å². The zero-order valence-electron chi connectivity index (χ0n) is 12.6. The number of ether oxygens (including phenoxy) is 1. The second-order valence-corrected chi connectivity index (χ2v) is 5.05. The van der Waals surface area contributed by atoms with Gasteiger partial charge in [0.25, 0.3) is 0 Å². The van der Waals surface area contributed by atoms with Gasteiger partial charge in [-0.3, -0.25) is 0 Å². The van der Waals surface area contributed by atoms with Crippen molar-refractivity contribution in [3.8, 4) is 6.07 Å². The maximum atomic E-state index is 8.92. The minimum Gasteiger partial charge on any atom is -0.383 e. The monoisotopic (exact) mass is 283 g/mol. The lowest BCUT2D eigenvalue weighted by Gasteiger charge is -2.12. The van der Waals surface area contributed by atoms with Crippen molar-refractivity contribution < 1.29 is 4.74 Å². The Bertz CT molecular complexity index is 625. The van der Waals surface area contributed by atoms with Crippen LogP contribution < -0.4 is 5.32 Å². The summed E-state index contributed by atoms with van der Waals surface area (Å²) in [7, 11) is 1.71. The number of nitrogens with zero attached hydrogens (tertiary/aromatic N) is 2. The fourth-order valence-corrected chi connectivity index (χ4v) is 2.28. The topological polar surface area (TPSA) is 50.0 Å². The first-order valence-electron chi connectivity index (χ1n) is 7.08. The van der Waals surface area contributed by atoms with Gasteiger partial charge < -0.3 is 14.6 Å². The predicted molar refractivity (Wildman–Crippen MR) is 83.0 cm³/mol. The van der Waals surface area contributed by atoms with E-state index in [0.717, 1.165) is 31.8 Å². The molecule has 0 saturated carbocycles. The zero-order chi connectivity index (χ0) is 15.1. The molecule has 1 aromatic carbocycles. The molecule has 110 valence electrons. The molecule has 0 radical (unpaired) electrons. The molecule has 0 fully saturated rings. The lowest BCUT2D eigenvalue weighted by molar-refractivity contribution is 0.199. The number of aryl methyl sites for hydroxylation is 1. The van der Waals surface area contributed by atoms with Crippen LogP contribution in [-0.4, -0.2) is 24.8 Å². The third-order valence-electron chi connectivity index (χ3n) is 3.52. The SMILES string of the molecule is COCCNCc1cccn1Cc1ccc(C#N)cc1C. The zero-order valence-corrected chi connectivity index (χ0v) is 12.6. The molecule has 0 spiro atoms. The van der Waals surface area contributed by atoms with Crippen LogP contribution in [0, 0.1) is 18.3 Å². The summed E-state index contributed by atoms with van der Waals surface area (Å²) < 4.78 is 7.26. The van der Waals surface area contributed by atoms with Crippen LogP contribution in [0.5, 0.6) is 0 Å². The van der Waals surface area contributed by atoms with Gasteiger partial charge in [0.15, 0.2) is 0 Å².